The number of hydrogen-bond acceptors (Lipinski definition) is 3. The van der Waals surface area contributed by atoms with Gasteiger partial charge in [0, 0.05) is 18.9 Å². The van der Waals surface area contributed by atoms with Crippen LogP contribution in [0, 0.1) is 5.92 Å². The van der Waals surface area contributed by atoms with E-state index >= 15 is 0 Å². The minimum atomic E-state index is -1.01. The summed E-state index contributed by atoms with van der Waals surface area (Å²) < 4.78 is 19.6. The van der Waals surface area contributed by atoms with Crippen molar-refractivity contribution in [2.75, 3.05) is 13.1 Å². The molecule has 0 saturated carbocycles. The Hall–Kier alpha value is -1.65. The van der Waals surface area contributed by atoms with E-state index < -0.39 is 17.9 Å². The lowest BCUT2D eigenvalue weighted by Gasteiger charge is -2.35. The van der Waals surface area contributed by atoms with Crippen LogP contribution in [0.2, 0.25) is 0 Å². The number of carbonyl (C=O) groups is 1. The van der Waals surface area contributed by atoms with Crippen LogP contribution in [0.15, 0.2) is 24.5 Å². The van der Waals surface area contributed by atoms with Crippen molar-refractivity contribution in [1.29, 1.82) is 0 Å². The first kappa shape index (κ1) is 15.7. The van der Waals surface area contributed by atoms with Gasteiger partial charge >= 0.3 is 6.09 Å². The summed E-state index contributed by atoms with van der Waals surface area (Å²) in [5.41, 5.74) is 0.542. The largest absolute Gasteiger partial charge is 0.444 e. The van der Waals surface area contributed by atoms with Crippen LogP contribution in [0.5, 0.6) is 0 Å². The van der Waals surface area contributed by atoms with Crippen molar-refractivity contribution in [3.63, 3.8) is 0 Å². The highest BCUT2D eigenvalue weighted by molar-refractivity contribution is 5.68. The third-order valence-corrected chi connectivity index (χ3v) is 3.58. The second-order valence-corrected chi connectivity index (χ2v) is 6.55. The van der Waals surface area contributed by atoms with E-state index in [2.05, 4.69) is 4.98 Å². The van der Waals surface area contributed by atoms with Gasteiger partial charge in [0.1, 0.15) is 11.8 Å². The van der Waals surface area contributed by atoms with Gasteiger partial charge in [0.15, 0.2) is 0 Å². The Morgan fingerprint density at radius 2 is 2.10 bits per heavy atom. The van der Waals surface area contributed by atoms with Crippen molar-refractivity contribution in [3.05, 3.63) is 30.1 Å². The molecule has 1 aliphatic heterocycles. The van der Waals surface area contributed by atoms with Gasteiger partial charge in [-0.15, -0.1) is 0 Å². The molecule has 1 aromatic heterocycles. The van der Waals surface area contributed by atoms with Crippen molar-refractivity contribution < 1.29 is 13.9 Å². The maximum atomic E-state index is 14.3. The molecular formula is C16H23FN2O2. The van der Waals surface area contributed by atoms with Crippen LogP contribution in [0.3, 0.4) is 0 Å². The lowest BCUT2D eigenvalue weighted by Crippen LogP contribution is -2.47. The molecule has 2 atom stereocenters. The maximum Gasteiger partial charge on any atom is 0.410 e. The lowest BCUT2D eigenvalue weighted by molar-refractivity contribution is 0.00552. The fourth-order valence-electron chi connectivity index (χ4n) is 2.50. The molecule has 1 saturated heterocycles. The summed E-state index contributed by atoms with van der Waals surface area (Å²) in [5, 5.41) is 0. The molecule has 0 aromatic carbocycles. The molecule has 0 aliphatic carbocycles. The van der Waals surface area contributed by atoms with Crippen LogP contribution in [0.1, 0.15) is 32.8 Å². The number of aromatic nitrogens is 1. The number of halogens is 1. The van der Waals surface area contributed by atoms with Crippen LogP contribution in [-0.2, 0) is 11.2 Å². The Kier molecular flexibility index (Phi) is 4.80. The van der Waals surface area contributed by atoms with Crippen LogP contribution in [0.25, 0.3) is 0 Å². The standard InChI is InChI=1S/C16H23FN2O2/c1-16(2,3)21-15(20)19-9-6-13(14(17)11-19)10-12-4-7-18-8-5-12/h4-5,7-8,13-14H,6,9-11H2,1-3H3/t13-,14?/m0/s1. The van der Waals surface area contributed by atoms with E-state index in [0.29, 0.717) is 19.4 Å². The van der Waals surface area contributed by atoms with Gasteiger partial charge in [0.05, 0.1) is 6.54 Å². The highest BCUT2D eigenvalue weighted by atomic mass is 19.1. The average Bonchev–Trinajstić information content (AvgIpc) is 2.40. The maximum absolute atomic E-state index is 14.3. The van der Waals surface area contributed by atoms with Gasteiger partial charge in [-0.1, -0.05) is 0 Å². The minimum Gasteiger partial charge on any atom is -0.444 e. The summed E-state index contributed by atoms with van der Waals surface area (Å²) in [4.78, 5) is 17.4. The van der Waals surface area contributed by atoms with E-state index in [1.165, 1.54) is 4.90 Å². The highest BCUT2D eigenvalue weighted by Gasteiger charge is 2.33. The van der Waals surface area contributed by atoms with E-state index in [9.17, 15) is 9.18 Å². The van der Waals surface area contributed by atoms with Crippen LogP contribution in [-0.4, -0.2) is 40.8 Å². The zero-order valence-corrected chi connectivity index (χ0v) is 12.9. The number of piperidine rings is 1. The Bertz CT molecular complexity index is 473. The molecule has 2 heterocycles. The van der Waals surface area contributed by atoms with Gasteiger partial charge < -0.3 is 9.64 Å². The van der Waals surface area contributed by atoms with E-state index in [1.807, 2.05) is 32.9 Å². The Labute approximate surface area is 125 Å². The molecular weight excluding hydrogens is 271 g/mol. The summed E-state index contributed by atoms with van der Waals surface area (Å²) >= 11 is 0. The molecule has 1 amide bonds. The van der Waals surface area contributed by atoms with E-state index in [0.717, 1.165) is 5.56 Å². The number of alkyl halides is 1. The summed E-state index contributed by atoms with van der Waals surface area (Å²) in [6.45, 7) is 6.10. The molecule has 5 heteroatoms. The van der Waals surface area contributed by atoms with Crippen LogP contribution < -0.4 is 0 Å². The quantitative estimate of drug-likeness (QED) is 0.841. The Balaban J connectivity index is 1.89. The van der Waals surface area contributed by atoms with Crippen molar-refractivity contribution in [2.24, 2.45) is 5.92 Å². The molecule has 116 valence electrons. The summed E-state index contributed by atoms with van der Waals surface area (Å²) in [6.07, 6.45) is 3.35. The van der Waals surface area contributed by atoms with E-state index in [4.69, 9.17) is 4.74 Å². The van der Waals surface area contributed by atoms with Crippen LogP contribution >= 0.6 is 0 Å². The van der Waals surface area contributed by atoms with Crippen molar-refractivity contribution in [3.8, 4) is 0 Å². The predicted octanol–water partition coefficient (Wildman–Crippen LogP) is 3.22. The SMILES string of the molecule is CC(C)(C)OC(=O)N1CC[C@@H](Cc2ccncc2)C(F)C1. The minimum absolute atomic E-state index is 0.0499. The van der Waals surface area contributed by atoms with Crippen LogP contribution in [0.4, 0.5) is 9.18 Å². The normalized spacial score (nSPS) is 23.0. The lowest BCUT2D eigenvalue weighted by atomic mass is 9.89. The third kappa shape index (κ3) is 4.69. The van der Waals surface area contributed by atoms with E-state index in [-0.39, 0.29) is 12.5 Å². The smallest absolute Gasteiger partial charge is 0.410 e. The molecule has 1 aromatic rings. The average molecular weight is 294 g/mol. The molecule has 0 radical (unpaired) electrons. The third-order valence-electron chi connectivity index (χ3n) is 3.58. The van der Waals surface area contributed by atoms with Crippen molar-refractivity contribution in [1.82, 2.24) is 9.88 Å². The van der Waals surface area contributed by atoms with Gasteiger partial charge in [-0.05, 0) is 57.2 Å². The van der Waals surface area contributed by atoms with Crippen molar-refractivity contribution in [2.45, 2.75) is 45.4 Å². The van der Waals surface area contributed by atoms with Gasteiger partial charge in [-0.2, -0.15) is 0 Å². The second kappa shape index (κ2) is 6.41. The fraction of sp³-hybridized carbons (Fsp3) is 0.625. The summed E-state index contributed by atoms with van der Waals surface area (Å²) in [6, 6.07) is 3.82. The summed E-state index contributed by atoms with van der Waals surface area (Å²) in [5.74, 6) is -0.0499. The number of ether oxygens (including phenoxy) is 1. The molecule has 0 N–H and O–H groups in total. The second-order valence-electron chi connectivity index (χ2n) is 6.55. The zero-order chi connectivity index (χ0) is 15.5. The fourth-order valence-corrected chi connectivity index (χ4v) is 2.50. The number of nitrogens with zero attached hydrogens (tertiary/aromatic N) is 2. The molecule has 21 heavy (non-hydrogen) atoms. The van der Waals surface area contributed by atoms with Gasteiger partial charge in [-0.3, -0.25) is 4.98 Å². The molecule has 1 unspecified atom stereocenters. The molecule has 1 fully saturated rings. The number of hydrogen-bond donors (Lipinski definition) is 0. The Morgan fingerprint density at radius 1 is 1.43 bits per heavy atom. The zero-order valence-electron chi connectivity index (χ0n) is 12.9. The van der Waals surface area contributed by atoms with Gasteiger partial charge in [-0.25, -0.2) is 9.18 Å². The number of carbonyl (C=O) groups excluding carboxylic acids is 1. The van der Waals surface area contributed by atoms with Crippen molar-refractivity contribution >= 4 is 6.09 Å². The summed E-state index contributed by atoms with van der Waals surface area (Å²) in [7, 11) is 0. The number of pyridine rings is 1. The Morgan fingerprint density at radius 3 is 2.67 bits per heavy atom. The molecule has 0 spiro atoms. The molecule has 4 nitrogen and oxygen atoms in total. The first-order chi connectivity index (χ1) is 9.85. The number of likely N-dealkylation sites (tertiary alicyclic amines) is 1. The first-order valence-corrected chi connectivity index (χ1v) is 7.36. The monoisotopic (exact) mass is 294 g/mol. The highest BCUT2D eigenvalue weighted by Crippen LogP contribution is 2.25. The molecule has 0 bridgehead atoms. The predicted molar refractivity (Wildman–Crippen MR) is 78.8 cm³/mol. The van der Waals surface area contributed by atoms with Gasteiger partial charge in [0.2, 0.25) is 0 Å². The van der Waals surface area contributed by atoms with E-state index in [1.54, 1.807) is 12.4 Å². The number of amides is 1. The molecule has 1 aliphatic rings. The van der Waals surface area contributed by atoms with Gasteiger partial charge in [0.25, 0.3) is 0 Å². The topological polar surface area (TPSA) is 42.4 Å². The first-order valence-electron chi connectivity index (χ1n) is 7.36. The number of rotatable bonds is 2. The molecule has 2 rings (SSSR count).